The molecule has 3 aromatic rings. The molecule has 8 nitrogen and oxygen atoms in total. The monoisotopic (exact) mass is 550 g/mol. The van der Waals surface area contributed by atoms with Crippen LogP contribution in [0.1, 0.15) is 24.5 Å². The van der Waals surface area contributed by atoms with Crippen molar-refractivity contribution in [3.05, 3.63) is 83.7 Å². The fourth-order valence-electron chi connectivity index (χ4n) is 4.28. The molecule has 3 aromatic carbocycles. The van der Waals surface area contributed by atoms with E-state index in [0.29, 0.717) is 22.9 Å². The van der Waals surface area contributed by atoms with Crippen LogP contribution in [0, 0.1) is 5.82 Å². The fraction of sp³-hybridized carbons (Fsp3) is 0.276. The number of fused-ring (bicyclic) bond motifs is 1. The number of anilines is 1. The Hall–Kier alpha value is -3.89. The van der Waals surface area contributed by atoms with E-state index in [1.54, 1.807) is 17.9 Å². The van der Waals surface area contributed by atoms with Crippen molar-refractivity contribution >= 4 is 35.3 Å². The summed E-state index contributed by atoms with van der Waals surface area (Å²) in [6.45, 7) is 2.35. The van der Waals surface area contributed by atoms with Gasteiger partial charge in [0.15, 0.2) is 0 Å². The minimum Gasteiger partial charge on any atom is -0.395 e. The maximum Gasteiger partial charge on any atom is 0.315 e. The summed E-state index contributed by atoms with van der Waals surface area (Å²) >= 11 is 1.35. The lowest BCUT2D eigenvalue weighted by molar-refractivity contribution is -0.127. The zero-order valence-electron chi connectivity index (χ0n) is 21.6. The molecule has 0 saturated carbocycles. The molecular formula is C29H31FN4O4S. The van der Waals surface area contributed by atoms with Crippen LogP contribution in [-0.2, 0) is 22.7 Å². The molecule has 0 saturated heterocycles. The SMILES string of the molecule is CCC(=O)N[C@@H]1CSc2cc(F)ccc2N(Cc2ccc(-c3ccccc3CNC(=O)NCCO)cc2)C1=O. The van der Waals surface area contributed by atoms with Gasteiger partial charge in [0.05, 0.1) is 18.8 Å². The topological polar surface area (TPSA) is 111 Å². The molecule has 1 heterocycles. The number of nitrogens with one attached hydrogen (secondary N) is 3. The molecule has 0 aliphatic carbocycles. The van der Waals surface area contributed by atoms with E-state index in [-0.39, 0.29) is 49.8 Å². The molecule has 0 aromatic heterocycles. The highest BCUT2D eigenvalue weighted by Gasteiger charge is 2.32. The lowest BCUT2D eigenvalue weighted by Gasteiger charge is -2.26. The number of aliphatic hydroxyl groups is 1. The standard InChI is InChI=1S/C29H31FN4O4S/c1-2-27(36)33-24-18-39-26-15-22(30)11-12-25(26)34(28(24)37)17-19-7-9-20(10-8-19)23-6-4-3-5-21(23)16-32-29(38)31-13-14-35/h3-12,15,24,35H,2,13-14,16-18H2,1H3,(H,33,36)(H2,31,32,38)/t24-/m1/s1. The maximum atomic E-state index is 14.0. The van der Waals surface area contributed by atoms with Gasteiger partial charge in [-0.05, 0) is 40.5 Å². The van der Waals surface area contributed by atoms with E-state index < -0.39 is 6.04 Å². The first kappa shape index (κ1) is 28.1. The van der Waals surface area contributed by atoms with Gasteiger partial charge in [0.1, 0.15) is 11.9 Å². The first-order valence-electron chi connectivity index (χ1n) is 12.7. The summed E-state index contributed by atoms with van der Waals surface area (Å²) in [5.74, 6) is -0.517. The quantitative estimate of drug-likeness (QED) is 0.324. The summed E-state index contributed by atoms with van der Waals surface area (Å²) in [5, 5.41) is 17.0. The van der Waals surface area contributed by atoms with Gasteiger partial charge in [-0.1, -0.05) is 55.5 Å². The zero-order chi connectivity index (χ0) is 27.8. The van der Waals surface area contributed by atoms with E-state index >= 15 is 0 Å². The van der Waals surface area contributed by atoms with Gasteiger partial charge in [-0.15, -0.1) is 11.8 Å². The van der Waals surface area contributed by atoms with Crippen LogP contribution in [0.25, 0.3) is 11.1 Å². The molecule has 39 heavy (non-hydrogen) atoms. The highest BCUT2D eigenvalue weighted by Crippen LogP contribution is 2.36. The van der Waals surface area contributed by atoms with Crippen molar-refractivity contribution < 1.29 is 23.9 Å². The van der Waals surface area contributed by atoms with Crippen LogP contribution in [0.3, 0.4) is 0 Å². The molecule has 1 atom stereocenters. The minimum atomic E-state index is -0.717. The Kier molecular flexibility index (Phi) is 9.56. The van der Waals surface area contributed by atoms with E-state index in [0.717, 1.165) is 22.3 Å². The van der Waals surface area contributed by atoms with Crippen LogP contribution in [-0.4, -0.2) is 47.9 Å². The summed E-state index contributed by atoms with van der Waals surface area (Å²) in [6.07, 6.45) is 0.266. The number of thioether (sulfide) groups is 1. The molecule has 0 spiro atoms. The van der Waals surface area contributed by atoms with E-state index in [4.69, 9.17) is 5.11 Å². The van der Waals surface area contributed by atoms with Gasteiger partial charge in [0.25, 0.3) is 5.91 Å². The zero-order valence-corrected chi connectivity index (χ0v) is 22.4. The average Bonchev–Trinajstić information content (AvgIpc) is 3.07. The third-order valence-corrected chi connectivity index (χ3v) is 7.44. The molecule has 0 bridgehead atoms. The molecule has 4 N–H and O–H groups in total. The second-order valence-electron chi connectivity index (χ2n) is 9.01. The number of nitrogens with zero attached hydrogens (tertiary/aromatic N) is 1. The third-order valence-electron chi connectivity index (χ3n) is 6.30. The lowest BCUT2D eigenvalue weighted by atomic mass is 9.98. The Bertz CT molecular complexity index is 1340. The second kappa shape index (κ2) is 13.3. The van der Waals surface area contributed by atoms with Gasteiger partial charge in [-0.3, -0.25) is 9.59 Å². The third kappa shape index (κ3) is 7.15. The number of hydrogen-bond acceptors (Lipinski definition) is 5. The Morgan fingerprint density at radius 3 is 2.59 bits per heavy atom. The summed E-state index contributed by atoms with van der Waals surface area (Å²) in [7, 11) is 0. The molecule has 4 amide bonds. The minimum absolute atomic E-state index is 0.130. The molecule has 4 rings (SSSR count). The number of hydrogen-bond donors (Lipinski definition) is 4. The smallest absolute Gasteiger partial charge is 0.315 e. The van der Waals surface area contributed by atoms with Crippen molar-refractivity contribution in [3.63, 3.8) is 0 Å². The lowest BCUT2D eigenvalue weighted by Crippen LogP contribution is -2.49. The fourth-order valence-corrected chi connectivity index (χ4v) is 5.37. The van der Waals surface area contributed by atoms with Crippen molar-refractivity contribution in [3.8, 4) is 11.1 Å². The van der Waals surface area contributed by atoms with E-state index in [2.05, 4.69) is 16.0 Å². The number of urea groups is 1. The number of amides is 4. The summed E-state index contributed by atoms with van der Waals surface area (Å²) in [4.78, 5) is 39.8. The predicted molar refractivity (Wildman–Crippen MR) is 150 cm³/mol. The largest absolute Gasteiger partial charge is 0.395 e. The normalized spacial score (nSPS) is 14.8. The number of aliphatic hydroxyl groups excluding tert-OH is 1. The molecule has 0 unspecified atom stereocenters. The number of benzene rings is 3. The molecule has 0 fully saturated rings. The summed E-state index contributed by atoms with van der Waals surface area (Å²) < 4.78 is 14.0. The van der Waals surface area contributed by atoms with Gasteiger partial charge in [0, 0.05) is 30.2 Å². The van der Waals surface area contributed by atoms with Gasteiger partial charge in [0.2, 0.25) is 5.91 Å². The summed E-state index contributed by atoms with van der Waals surface area (Å²) in [6, 6.07) is 18.8. The number of carbonyl (C=O) groups is 3. The molecule has 10 heteroatoms. The Morgan fingerprint density at radius 1 is 1.08 bits per heavy atom. The van der Waals surface area contributed by atoms with Crippen LogP contribution in [0.2, 0.25) is 0 Å². The molecular weight excluding hydrogens is 519 g/mol. The average molecular weight is 551 g/mol. The van der Waals surface area contributed by atoms with Crippen molar-refractivity contribution in [1.29, 1.82) is 0 Å². The molecule has 1 aliphatic rings. The number of rotatable bonds is 9. The Balaban J connectivity index is 1.55. The van der Waals surface area contributed by atoms with E-state index in [9.17, 15) is 18.8 Å². The van der Waals surface area contributed by atoms with Crippen LogP contribution >= 0.6 is 11.8 Å². The molecule has 1 aliphatic heterocycles. The van der Waals surface area contributed by atoms with Crippen molar-refractivity contribution in [2.24, 2.45) is 0 Å². The summed E-state index contributed by atoms with van der Waals surface area (Å²) in [5.41, 5.74) is 4.31. The van der Waals surface area contributed by atoms with E-state index in [1.807, 2.05) is 48.5 Å². The van der Waals surface area contributed by atoms with Crippen LogP contribution in [0.5, 0.6) is 0 Å². The van der Waals surface area contributed by atoms with Crippen molar-refractivity contribution in [2.75, 3.05) is 23.8 Å². The van der Waals surface area contributed by atoms with Gasteiger partial charge in [-0.2, -0.15) is 0 Å². The van der Waals surface area contributed by atoms with Crippen molar-refractivity contribution in [1.82, 2.24) is 16.0 Å². The highest BCUT2D eigenvalue weighted by molar-refractivity contribution is 7.99. The van der Waals surface area contributed by atoms with Crippen molar-refractivity contribution in [2.45, 2.75) is 37.4 Å². The molecule has 0 radical (unpaired) electrons. The van der Waals surface area contributed by atoms with Gasteiger partial charge < -0.3 is 26.0 Å². The van der Waals surface area contributed by atoms with Gasteiger partial charge in [-0.25, -0.2) is 9.18 Å². The van der Waals surface area contributed by atoms with E-state index in [1.165, 1.54) is 23.9 Å². The van der Waals surface area contributed by atoms with Crippen LogP contribution in [0.15, 0.2) is 71.6 Å². The Morgan fingerprint density at radius 2 is 1.85 bits per heavy atom. The number of halogens is 1. The van der Waals surface area contributed by atoms with Gasteiger partial charge >= 0.3 is 6.03 Å². The second-order valence-corrected chi connectivity index (χ2v) is 10.1. The predicted octanol–water partition coefficient (Wildman–Crippen LogP) is 3.82. The van der Waals surface area contributed by atoms with Crippen LogP contribution < -0.4 is 20.9 Å². The maximum absolute atomic E-state index is 14.0. The first-order chi connectivity index (χ1) is 18.9. The number of carbonyl (C=O) groups excluding carboxylic acids is 3. The first-order valence-corrected chi connectivity index (χ1v) is 13.7. The van der Waals surface area contributed by atoms with Crippen LogP contribution in [0.4, 0.5) is 14.9 Å². The Labute approximate surface area is 231 Å². The highest BCUT2D eigenvalue weighted by atomic mass is 32.2. The molecule has 204 valence electrons.